The first kappa shape index (κ1) is 23.9. The number of nitrogens with zero attached hydrogens (tertiary/aromatic N) is 5. The number of hydrogen-bond acceptors (Lipinski definition) is 6. The molecule has 0 N–H and O–H groups in total. The van der Waals surface area contributed by atoms with Gasteiger partial charge in [-0.15, -0.1) is 10.2 Å². The molecule has 1 aliphatic heterocycles. The number of hydrogen-bond donors (Lipinski definition) is 0. The third-order valence-corrected chi connectivity index (χ3v) is 7.76. The monoisotopic (exact) mass is 491 g/mol. The normalized spacial score (nSPS) is 16.8. The van der Waals surface area contributed by atoms with Crippen LogP contribution in [-0.4, -0.2) is 63.7 Å². The van der Waals surface area contributed by atoms with Crippen LogP contribution in [0.2, 0.25) is 0 Å². The Balaban J connectivity index is 1.33. The van der Waals surface area contributed by atoms with E-state index in [-0.39, 0.29) is 11.9 Å². The van der Waals surface area contributed by atoms with E-state index in [4.69, 9.17) is 4.74 Å². The van der Waals surface area contributed by atoms with Crippen LogP contribution in [0.1, 0.15) is 30.9 Å². The molecule has 1 atom stereocenters. The van der Waals surface area contributed by atoms with Gasteiger partial charge in [0.1, 0.15) is 0 Å². The summed E-state index contributed by atoms with van der Waals surface area (Å²) in [5, 5.41) is 9.84. The fraction of sp³-hybridized carbons (Fsp3) is 0.444. The molecule has 1 saturated carbocycles. The Bertz CT molecular complexity index is 1100. The van der Waals surface area contributed by atoms with Gasteiger partial charge in [0.15, 0.2) is 5.16 Å². The van der Waals surface area contributed by atoms with Gasteiger partial charge in [0.2, 0.25) is 11.9 Å². The molecule has 184 valence electrons. The number of amides is 1. The molecule has 1 saturated heterocycles. The van der Waals surface area contributed by atoms with E-state index in [9.17, 15) is 4.79 Å². The van der Waals surface area contributed by atoms with Gasteiger partial charge in [-0.05, 0) is 36.8 Å². The summed E-state index contributed by atoms with van der Waals surface area (Å²) in [7, 11) is 0. The van der Waals surface area contributed by atoms with Crippen molar-refractivity contribution in [3.05, 3.63) is 71.8 Å². The molecule has 0 bridgehead atoms. The summed E-state index contributed by atoms with van der Waals surface area (Å²) in [6.07, 6.45) is 2.42. The summed E-state index contributed by atoms with van der Waals surface area (Å²) in [6, 6.07) is 20.9. The lowest BCUT2D eigenvalue weighted by Crippen LogP contribution is -2.40. The van der Waals surface area contributed by atoms with Gasteiger partial charge >= 0.3 is 0 Å². The van der Waals surface area contributed by atoms with E-state index in [2.05, 4.69) is 55.8 Å². The Morgan fingerprint density at radius 2 is 1.69 bits per heavy atom. The van der Waals surface area contributed by atoms with Crippen molar-refractivity contribution in [2.24, 2.45) is 5.92 Å². The Hall–Kier alpha value is -2.84. The van der Waals surface area contributed by atoms with Gasteiger partial charge in [-0.2, -0.15) is 0 Å². The minimum atomic E-state index is 0.153. The Morgan fingerprint density at radius 3 is 2.34 bits per heavy atom. The summed E-state index contributed by atoms with van der Waals surface area (Å²) in [5.41, 5.74) is 2.35. The van der Waals surface area contributed by atoms with Crippen molar-refractivity contribution < 1.29 is 9.53 Å². The zero-order valence-electron chi connectivity index (χ0n) is 20.3. The zero-order chi connectivity index (χ0) is 24.0. The molecule has 5 rings (SSSR count). The molecule has 0 radical (unpaired) electrons. The van der Waals surface area contributed by atoms with Crippen LogP contribution in [0.3, 0.4) is 0 Å². The molecule has 2 aliphatic rings. The fourth-order valence-electron chi connectivity index (χ4n) is 4.57. The first-order valence-corrected chi connectivity index (χ1v) is 13.4. The molecule has 1 amide bonds. The Morgan fingerprint density at radius 1 is 1.03 bits per heavy atom. The van der Waals surface area contributed by atoms with Crippen molar-refractivity contribution in [2.75, 3.05) is 37.0 Å². The molecule has 7 nitrogen and oxygen atoms in total. The Labute approximate surface area is 211 Å². The van der Waals surface area contributed by atoms with Crippen molar-refractivity contribution in [1.29, 1.82) is 0 Å². The van der Waals surface area contributed by atoms with Gasteiger partial charge in [0.05, 0.1) is 25.5 Å². The number of morpholine rings is 1. The van der Waals surface area contributed by atoms with E-state index < -0.39 is 0 Å². The standard InChI is InChI=1S/C27H33N5O2S/c1-21(24-12-13-24)31(18-22-8-4-2-5-9-22)25(33)20-35-27-29-28-26(30-14-16-34-17-15-30)32(27)19-23-10-6-3-7-11-23/h2-11,21,24H,12-20H2,1H3. The highest BCUT2D eigenvalue weighted by Gasteiger charge is 2.34. The highest BCUT2D eigenvalue weighted by Crippen LogP contribution is 2.36. The molecular formula is C27H33N5O2S. The number of carbonyl (C=O) groups excluding carboxylic acids is 1. The van der Waals surface area contributed by atoms with Gasteiger partial charge in [-0.3, -0.25) is 9.36 Å². The average Bonchev–Trinajstić information content (AvgIpc) is 3.69. The van der Waals surface area contributed by atoms with Crippen LogP contribution >= 0.6 is 11.8 Å². The van der Waals surface area contributed by atoms with Crippen molar-refractivity contribution in [1.82, 2.24) is 19.7 Å². The molecule has 1 aromatic heterocycles. The van der Waals surface area contributed by atoms with E-state index >= 15 is 0 Å². The SMILES string of the molecule is CC(C1CC1)N(Cc1ccccc1)C(=O)CSc1nnc(N2CCOCC2)n1Cc1ccccc1. The van der Waals surface area contributed by atoms with Gasteiger partial charge in [-0.25, -0.2) is 0 Å². The van der Waals surface area contributed by atoms with E-state index in [0.717, 1.165) is 24.2 Å². The smallest absolute Gasteiger partial charge is 0.233 e. The van der Waals surface area contributed by atoms with Crippen molar-refractivity contribution >= 4 is 23.6 Å². The van der Waals surface area contributed by atoms with Crippen LogP contribution in [-0.2, 0) is 22.6 Å². The van der Waals surface area contributed by atoms with Crippen molar-refractivity contribution in [3.8, 4) is 0 Å². The number of benzene rings is 2. The molecule has 1 unspecified atom stereocenters. The number of rotatable bonds is 10. The third kappa shape index (κ3) is 6.05. The summed E-state index contributed by atoms with van der Waals surface area (Å²) in [4.78, 5) is 17.8. The topological polar surface area (TPSA) is 63.5 Å². The molecule has 1 aliphatic carbocycles. The second-order valence-corrected chi connectivity index (χ2v) is 10.3. The minimum Gasteiger partial charge on any atom is -0.378 e. The molecule has 2 aromatic carbocycles. The van der Waals surface area contributed by atoms with E-state index in [1.54, 1.807) is 0 Å². The maximum Gasteiger partial charge on any atom is 0.233 e. The summed E-state index contributed by atoms with van der Waals surface area (Å²) < 4.78 is 7.68. The second-order valence-electron chi connectivity index (χ2n) is 9.33. The van der Waals surface area contributed by atoms with Crippen molar-refractivity contribution in [3.63, 3.8) is 0 Å². The first-order valence-electron chi connectivity index (χ1n) is 12.4. The van der Waals surface area contributed by atoms with Gasteiger partial charge in [-0.1, -0.05) is 72.4 Å². The molecule has 8 heteroatoms. The first-order chi connectivity index (χ1) is 17.2. The van der Waals surface area contributed by atoms with Crippen LogP contribution in [0.15, 0.2) is 65.8 Å². The van der Waals surface area contributed by atoms with Crippen LogP contribution in [0.4, 0.5) is 5.95 Å². The molecule has 2 heterocycles. The molecule has 2 fully saturated rings. The Kier molecular flexibility index (Phi) is 7.69. The van der Waals surface area contributed by atoms with E-state index in [1.807, 2.05) is 36.4 Å². The predicted octanol–water partition coefficient (Wildman–Crippen LogP) is 4.08. The largest absolute Gasteiger partial charge is 0.378 e. The van der Waals surface area contributed by atoms with Crippen LogP contribution in [0.5, 0.6) is 0 Å². The maximum absolute atomic E-state index is 13.5. The quantitative estimate of drug-likeness (QED) is 0.398. The lowest BCUT2D eigenvalue weighted by molar-refractivity contribution is -0.131. The number of anilines is 1. The van der Waals surface area contributed by atoms with Crippen LogP contribution in [0, 0.1) is 5.92 Å². The lowest BCUT2D eigenvalue weighted by Gasteiger charge is -2.30. The van der Waals surface area contributed by atoms with Gasteiger partial charge < -0.3 is 14.5 Å². The fourth-order valence-corrected chi connectivity index (χ4v) is 5.39. The number of carbonyl (C=O) groups is 1. The highest BCUT2D eigenvalue weighted by molar-refractivity contribution is 7.99. The van der Waals surface area contributed by atoms with Crippen molar-refractivity contribution in [2.45, 2.75) is 44.1 Å². The van der Waals surface area contributed by atoms with Crippen LogP contribution < -0.4 is 4.90 Å². The molecule has 0 spiro atoms. The van der Waals surface area contributed by atoms with Gasteiger partial charge in [0.25, 0.3) is 0 Å². The third-order valence-electron chi connectivity index (χ3n) is 6.81. The van der Waals surface area contributed by atoms with Gasteiger partial charge in [0, 0.05) is 25.7 Å². The predicted molar refractivity (Wildman–Crippen MR) is 138 cm³/mol. The van der Waals surface area contributed by atoms with E-state index in [1.165, 1.54) is 35.7 Å². The molecular weight excluding hydrogens is 458 g/mol. The number of thioether (sulfide) groups is 1. The lowest BCUT2D eigenvalue weighted by atomic mass is 10.1. The molecule has 35 heavy (non-hydrogen) atoms. The molecule has 3 aromatic rings. The summed E-state index contributed by atoms with van der Waals surface area (Å²) in [6.45, 7) is 6.47. The number of aromatic nitrogens is 3. The highest BCUT2D eigenvalue weighted by atomic mass is 32.2. The zero-order valence-corrected chi connectivity index (χ0v) is 21.1. The second kappa shape index (κ2) is 11.3. The summed E-state index contributed by atoms with van der Waals surface area (Å²) in [5.74, 6) is 1.96. The maximum atomic E-state index is 13.5. The van der Waals surface area contributed by atoms with Crippen LogP contribution in [0.25, 0.3) is 0 Å². The number of ether oxygens (including phenoxy) is 1. The summed E-state index contributed by atoms with van der Waals surface area (Å²) >= 11 is 1.49. The average molecular weight is 492 g/mol. The van der Waals surface area contributed by atoms with E-state index in [0.29, 0.717) is 38.0 Å². The minimum absolute atomic E-state index is 0.153.